The third-order valence-electron chi connectivity index (χ3n) is 5.28. The van der Waals surface area contributed by atoms with Crippen molar-refractivity contribution >= 4 is 29.4 Å². The standard InChI is InChI=1S/C23H31ClN4O5/c1-4-5-6-19-26-20(24)18(12-25-21(29)17(11-14(2)3)22(30)27-33)28(19)13-15-7-9-16(10-8-15)23(31)32/h7-10,14,17,33H,4-6,11-13H2,1-3H3,(H,25,29)(H,27,30)(H,31,32). The summed E-state index contributed by atoms with van der Waals surface area (Å²) < 4.78 is 1.91. The number of aryl methyl sites for hydroxylation is 1. The fraction of sp³-hybridized carbons (Fsp3) is 0.478. The molecule has 0 aliphatic carbocycles. The van der Waals surface area contributed by atoms with Gasteiger partial charge in [-0.3, -0.25) is 14.8 Å². The maximum atomic E-state index is 12.7. The molecule has 33 heavy (non-hydrogen) atoms. The van der Waals surface area contributed by atoms with Crippen molar-refractivity contribution in [1.29, 1.82) is 0 Å². The van der Waals surface area contributed by atoms with Gasteiger partial charge in [-0.25, -0.2) is 15.3 Å². The third kappa shape index (κ3) is 7.30. The summed E-state index contributed by atoms with van der Waals surface area (Å²) in [5, 5.41) is 21.1. The zero-order valence-corrected chi connectivity index (χ0v) is 19.9. The minimum atomic E-state index is -1.03. The summed E-state index contributed by atoms with van der Waals surface area (Å²) in [5.74, 6) is -2.47. The van der Waals surface area contributed by atoms with Gasteiger partial charge in [0.15, 0.2) is 5.15 Å². The highest BCUT2D eigenvalue weighted by atomic mass is 35.5. The number of hydrogen-bond acceptors (Lipinski definition) is 5. The lowest BCUT2D eigenvalue weighted by atomic mass is 9.95. The molecule has 2 amide bonds. The number of aromatic nitrogens is 2. The van der Waals surface area contributed by atoms with Gasteiger partial charge in [0.05, 0.1) is 17.8 Å². The molecule has 10 heteroatoms. The maximum absolute atomic E-state index is 12.7. The highest BCUT2D eigenvalue weighted by molar-refractivity contribution is 6.30. The van der Waals surface area contributed by atoms with Gasteiger partial charge in [-0.15, -0.1) is 0 Å². The Labute approximate surface area is 198 Å². The minimum absolute atomic E-state index is 0.0529. The molecule has 0 saturated carbocycles. The molecule has 4 N–H and O–H groups in total. The summed E-state index contributed by atoms with van der Waals surface area (Å²) in [5.41, 5.74) is 3.20. The second kappa shape index (κ2) is 12.4. The number of carbonyl (C=O) groups excluding carboxylic acids is 2. The van der Waals surface area contributed by atoms with Crippen LogP contribution in [0.25, 0.3) is 0 Å². The number of hydrogen-bond donors (Lipinski definition) is 4. The normalized spacial score (nSPS) is 11.9. The van der Waals surface area contributed by atoms with Gasteiger partial charge >= 0.3 is 5.97 Å². The van der Waals surface area contributed by atoms with Gasteiger partial charge in [-0.05, 0) is 36.5 Å². The molecular weight excluding hydrogens is 448 g/mol. The number of unbranched alkanes of at least 4 members (excludes halogenated alkanes) is 1. The van der Waals surface area contributed by atoms with Crippen LogP contribution in [0.1, 0.15) is 67.5 Å². The van der Waals surface area contributed by atoms with Crippen LogP contribution in [0.15, 0.2) is 24.3 Å². The largest absolute Gasteiger partial charge is 0.478 e. The van der Waals surface area contributed by atoms with Crippen LogP contribution >= 0.6 is 11.6 Å². The predicted octanol–water partition coefficient (Wildman–Crippen LogP) is 3.41. The van der Waals surface area contributed by atoms with Crippen LogP contribution in [0.4, 0.5) is 0 Å². The van der Waals surface area contributed by atoms with Gasteiger partial charge < -0.3 is 15.0 Å². The number of carboxylic acid groups (broad SMARTS) is 1. The van der Waals surface area contributed by atoms with Crippen molar-refractivity contribution in [3.63, 3.8) is 0 Å². The van der Waals surface area contributed by atoms with E-state index in [4.69, 9.17) is 21.9 Å². The SMILES string of the molecule is CCCCc1nc(Cl)c(CNC(=O)C(CC(C)C)C(=O)NO)n1Cc1ccc(C(=O)O)cc1. The van der Waals surface area contributed by atoms with Crippen LogP contribution in [0.2, 0.25) is 5.15 Å². The molecule has 0 fully saturated rings. The summed E-state index contributed by atoms with van der Waals surface area (Å²) >= 11 is 6.42. The lowest BCUT2D eigenvalue weighted by molar-refractivity contribution is -0.141. The Morgan fingerprint density at radius 2 is 1.82 bits per heavy atom. The van der Waals surface area contributed by atoms with E-state index in [9.17, 15) is 14.4 Å². The van der Waals surface area contributed by atoms with Crippen LogP contribution in [-0.2, 0) is 29.1 Å². The Balaban J connectivity index is 2.28. The number of hydroxylamine groups is 1. The zero-order chi connectivity index (χ0) is 24.5. The summed E-state index contributed by atoms with van der Waals surface area (Å²) in [6.07, 6.45) is 2.85. The number of amides is 2. The fourth-order valence-corrected chi connectivity index (χ4v) is 3.76. The van der Waals surface area contributed by atoms with Crippen molar-refractivity contribution in [1.82, 2.24) is 20.3 Å². The average Bonchev–Trinajstić information content (AvgIpc) is 3.07. The van der Waals surface area contributed by atoms with Gasteiger partial charge in [0.2, 0.25) is 5.91 Å². The van der Waals surface area contributed by atoms with E-state index < -0.39 is 23.7 Å². The molecule has 0 aliphatic rings. The van der Waals surface area contributed by atoms with Gasteiger partial charge in [-0.1, -0.05) is 50.9 Å². The molecule has 0 aliphatic heterocycles. The van der Waals surface area contributed by atoms with E-state index in [2.05, 4.69) is 17.2 Å². The molecule has 0 spiro atoms. The lowest BCUT2D eigenvalue weighted by Gasteiger charge is -2.18. The molecule has 1 aromatic heterocycles. The van der Waals surface area contributed by atoms with Crippen LogP contribution in [0.5, 0.6) is 0 Å². The summed E-state index contributed by atoms with van der Waals surface area (Å²) in [6, 6.07) is 6.53. The molecule has 0 radical (unpaired) electrons. The first-order valence-electron chi connectivity index (χ1n) is 11.0. The first-order valence-corrected chi connectivity index (χ1v) is 11.3. The van der Waals surface area contributed by atoms with E-state index in [1.807, 2.05) is 18.4 Å². The van der Waals surface area contributed by atoms with E-state index in [0.717, 1.165) is 24.2 Å². The molecule has 1 aromatic carbocycles. The molecule has 0 saturated heterocycles. The van der Waals surface area contributed by atoms with E-state index >= 15 is 0 Å². The number of aromatic carboxylic acids is 1. The van der Waals surface area contributed by atoms with E-state index in [-0.39, 0.29) is 29.6 Å². The second-order valence-electron chi connectivity index (χ2n) is 8.33. The second-order valence-corrected chi connectivity index (χ2v) is 8.69. The van der Waals surface area contributed by atoms with Crippen molar-refractivity contribution in [2.75, 3.05) is 0 Å². The smallest absolute Gasteiger partial charge is 0.335 e. The molecule has 2 aromatic rings. The number of halogens is 1. The fourth-order valence-electron chi connectivity index (χ4n) is 3.50. The summed E-state index contributed by atoms with van der Waals surface area (Å²) in [7, 11) is 0. The van der Waals surface area contributed by atoms with Crippen molar-refractivity contribution in [2.24, 2.45) is 11.8 Å². The average molecular weight is 479 g/mol. The third-order valence-corrected chi connectivity index (χ3v) is 5.58. The van der Waals surface area contributed by atoms with Crippen LogP contribution < -0.4 is 10.8 Å². The number of carbonyl (C=O) groups is 3. The molecular formula is C23H31ClN4O5. The van der Waals surface area contributed by atoms with Crippen molar-refractivity contribution in [3.8, 4) is 0 Å². The Kier molecular flexibility index (Phi) is 9.87. The van der Waals surface area contributed by atoms with Gasteiger partial charge in [0.25, 0.3) is 5.91 Å². The quantitative estimate of drug-likeness (QED) is 0.210. The number of nitrogens with one attached hydrogen (secondary N) is 2. The van der Waals surface area contributed by atoms with Gasteiger partial charge in [0, 0.05) is 13.0 Å². The van der Waals surface area contributed by atoms with Crippen LogP contribution in [0.3, 0.4) is 0 Å². The zero-order valence-electron chi connectivity index (χ0n) is 19.1. The molecule has 1 atom stereocenters. The first-order chi connectivity index (χ1) is 15.7. The molecule has 1 unspecified atom stereocenters. The van der Waals surface area contributed by atoms with Crippen LogP contribution in [0, 0.1) is 11.8 Å². The highest BCUT2D eigenvalue weighted by Crippen LogP contribution is 2.22. The summed E-state index contributed by atoms with van der Waals surface area (Å²) in [6.45, 7) is 6.29. The number of nitrogens with zero attached hydrogens (tertiary/aromatic N) is 2. The molecule has 2 rings (SSSR count). The predicted molar refractivity (Wildman–Crippen MR) is 123 cm³/mol. The van der Waals surface area contributed by atoms with E-state index in [0.29, 0.717) is 18.7 Å². The van der Waals surface area contributed by atoms with Crippen LogP contribution in [-0.4, -0.2) is 37.6 Å². The topological polar surface area (TPSA) is 134 Å². The molecule has 9 nitrogen and oxygen atoms in total. The Morgan fingerprint density at radius 1 is 1.15 bits per heavy atom. The number of benzene rings is 1. The van der Waals surface area contributed by atoms with Gasteiger partial charge in [-0.2, -0.15) is 0 Å². The molecule has 0 bridgehead atoms. The number of imidazole rings is 1. The Bertz CT molecular complexity index is 972. The Hall–Kier alpha value is -2.91. The van der Waals surface area contributed by atoms with Crippen molar-refractivity contribution < 1.29 is 24.7 Å². The van der Waals surface area contributed by atoms with E-state index in [1.165, 1.54) is 12.1 Å². The number of rotatable bonds is 12. The molecule has 1 heterocycles. The monoisotopic (exact) mass is 478 g/mol. The lowest BCUT2D eigenvalue weighted by Crippen LogP contribution is -2.41. The van der Waals surface area contributed by atoms with Crippen molar-refractivity contribution in [3.05, 3.63) is 52.1 Å². The highest BCUT2D eigenvalue weighted by Gasteiger charge is 2.28. The summed E-state index contributed by atoms with van der Waals surface area (Å²) in [4.78, 5) is 40.3. The minimum Gasteiger partial charge on any atom is -0.478 e. The van der Waals surface area contributed by atoms with Gasteiger partial charge in [0.1, 0.15) is 11.7 Å². The Morgan fingerprint density at radius 3 is 2.36 bits per heavy atom. The van der Waals surface area contributed by atoms with E-state index in [1.54, 1.807) is 17.6 Å². The van der Waals surface area contributed by atoms with Crippen molar-refractivity contribution in [2.45, 2.75) is 59.5 Å². The first kappa shape index (κ1) is 26.3. The number of carboxylic acids is 1. The molecule has 180 valence electrons. The maximum Gasteiger partial charge on any atom is 0.335 e.